The Hall–Kier alpha value is -3.18. The largest absolute Gasteiger partial charge is 0.496 e. The lowest BCUT2D eigenvalue weighted by molar-refractivity contribution is 0.0939. The van der Waals surface area contributed by atoms with Gasteiger partial charge in [-0.15, -0.1) is 0 Å². The van der Waals surface area contributed by atoms with Gasteiger partial charge in [0.05, 0.1) is 20.3 Å². The second-order valence-electron chi connectivity index (χ2n) is 7.52. The molecule has 4 rings (SSSR count). The number of fused-ring (bicyclic) bond motifs is 1. The molecule has 155 valence electrons. The van der Waals surface area contributed by atoms with Crippen molar-refractivity contribution >= 4 is 11.0 Å². The van der Waals surface area contributed by atoms with E-state index in [0.29, 0.717) is 24.5 Å². The monoisotopic (exact) mass is 404 g/mol. The molecule has 0 aliphatic heterocycles. The van der Waals surface area contributed by atoms with Gasteiger partial charge in [0.1, 0.15) is 22.8 Å². The van der Waals surface area contributed by atoms with Crippen LogP contribution < -0.4 is 9.47 Å². The highest BCUT2D eigenvalue weighted by Gasteiger charge is 2.25. The summed E-state index contributed by atoms with van der Waals surface area (Å²) in [4.78, 5) is 0. The number of rotatable bonds is 8. The maximum Gasteiger partial charge on any atom is 0.134 e. The van der Waals surface area contributed by atoms with E-state index in [1.54, 1.807) is 14.2 Å². The second kappa shape index (κ2) is 8.67. The van der Waals surface area contributed by atoms with Crippen LogP contribution in [0.3, 0.4) is 0 Å². The number of para-hydroxylation sites is 1. The molecule has 0 bridgehead atoms. The normalized spacial score (nSPS) is 13.3. The van der Waals surface area contributed by atoms with Gasteiger partial charge in [-0.3, -0.25) is 0 Å². The van der Waals surface area contributed by atoms with Crippen molar-refractivity contribution in [3.63, 3.8) is 0 Å². The molecule has 0 spiro atoms. The Morgan fingerprint density at radius 1 is 1.10 bits per heavy atom. The van der Waals surface area contributed by atoms with Crippen molar-refractivity contribution in [2.75, 3.05) is 14.2 Å². The van der Waals surface area contributed by atoms with Crippen LogP contribution in [-0.2, 0) is 13.0 Å². The first kappa shape index (κ1) is 20.1. The second-order valence-corrected chi connectivity index (χ2v) is 7.52. The van der Waals surface area contributed by atoms with Gasteiger partial charge in [-0.05, 0) is 42.8 Å². The summed E-state index contributed by atoms with van der Waals surface area (Å²) in [6.07, 6.45) is 3.69. The van der Waals surface area contributed by atoms with Crippen LogP contribution in [0.25, 0.3) is 11.0 Å². The van der Waals surface area contributed by atoms with Crippen molar-refractivity contribution in [2.24, 2.45) is 5.92 Å². The molecule has 2 aromatic heterocycles. The minimum absolute atomic E-state index is 0.122. The van der Waals surface area contributed by atoms with Crippen LogP contribution in [0, 0.1) is 18.9 Å². The van der Waals surface area contributed by atoms with Crippen molar-refractivity contribution in [1.82, 2.24) is 4.57 Å². The minimum Gasteiger partial charge on any atom is -0.496 e. The molecule has 1 N–H and O–H groups in total. The van der Waals surface area contributed by atoms with Crippen LogP contribution >= 0.6 is 0 Å². The van der Waals surface area contributed by atoms with Crippen LogP contribution in [0.1, 0.15) is 23.0 Å². The maximum atomic E-state index is 11.4. The molecule has 4 aromatic rings. The standard InChI is InChI=1S/C25H26NO4/c1-17-23(28-2)14-19(15-24(17)29-3)25(27)20(16-26-10-6-7-11-26)13-21-12-18-8-4-5-9-22(18)30-21/h4-6,8-12,14-15,20,25,27H,13,16H2,1-3H3/t20-,25-/m1/s1. The number of methoxy groups -OCH3 is 2. The van der Waals surface area contributed by atoms with E-state index in [4.69, 9.17) is 13.9 Å². The zero-order valence-corrected chi connectivity index (χ0v) is 17.5. The van der Waals surface area contributed by atoms with E-state index in [1.807, 2.05) is 72.4 Å². The molecule has 0 unspecified atom stereocenters. The molecule has 0 amide bonds. The van der Waals surface area contributed by atoms with Crippen molar-refractivity contribution < 1.29 is 19.0 Å². The SMILES string of the molecule is COc1cc([C@@H](O)[C@H](Cc2cc3ccccc3o2)Cn2c[c]cc2)cc(OC)c1C. The summed E-state index contributed by atoms with van der Waals surface area (Å²) in [6.45, 7) is 2.57. The zero-order valence-electron chi connectivity index (χ0n) is 17.5. The number of hydrogen-bond acceptors (Lipinski definition) is 4. The fourth-order valence-corrected chi connectivity index (χ4v) is 3.93. The Kier molecular flexibility index (Phi) is 5.81. The summed E-state index contributed by atoms with van der Waals surface area (Å²) in [5.74, 6) is 2.12. The van der Waals surface area contributed by atoms with Crippen LogP contribution in [0.4, 0.5) is 0 Å². The lowest BCUT2D eigenvalue weighted by Gasteiger charge is -2.24. The number of nitrogens with zero attached hydrogens (tertiary/aromatic N) is 1. The van der Waals surface area contributed by atoms with Crippen LogP contribution in [0.15, 0.2) is 65.3 Å². The Bertz CT molecular complexity index is 1060. The van der Waals surface area contributed by atoms with Gasteiger partial charge in [-0.2, -0.15) is 0 Å². The number of aliphatic hydroxyl groups is 1. The van der Waals surface area contributed by atoms with Gasteiger partial charge >= 0.3 is 0 Å². The van der Waals surface area contributed by atoms with Gasteiger partial charge in [0.15, 0.2) is 0 Å². The molecule has 1 radical (unpaired) electrons. The highest BCUT2D eigenvalue weighted by Crippen LogP contribution is 2.36. The summed E-state index contributed by atoms with van der Waals surface area (Å²) in [7, 11) is 3.25. The summed E-state index contributed by atoms with van der Waals surface area (Å²) in [6, 6.07) is 18.7. The third kappa shape index (κ3) is 4.07. The average molecular weight is 404 g/mol. The summed E-state index contributed by atoms with van der Waals surface area (Å²) in [5.41, 5.74) is 2.52. The van der Waals surface area contributed by atoms with Crippen molar-refractivity contribution in [1.29, 1.82) is 0 Å². The molecule has 0 fully saturated rings. The smallest absolute Gasteiger partial charge is 0.134 e. The molecule has 0 aliphatic carbocycles. The van der Waals surface area contributed by atoms with E-state index in [1.165, 1.54) is 0 Å². The number of aliphatic hydroxyl groups excluding tert-OH is 1. The molecule has 5 heteroatoms. The summed E-state index contributed by atoms with van der Waals surface area (Å²) in [5, 5.41) is 12.4. The van der Waals surface area contributed by atoms with E-state index in [9.17, 15) is 5.11 Å². The molecule has 0 saturated carbocycles. The third-order valence-corrected chi connectivity index (χ3v) is 5.55. The van der Waals surface area contributed by atoms with Gasteiger partial charge < -0.3 is 23.6 Å². The van der Waals surface area contributed by atoms with Gasteiger partial charge in [0, 0.05) is 48.3 Å². The maximum absolute atomic E-state index is 11.4. The molecule has 0 aliphatic rings. The fourth-order valence-electron chi connectivity index (χ4n) is 3.93. The number of hydrogen-bond donors (Lipinski definition) is 1. The Morgan fingerprint density at radius 2 is 1.83 bits per heavy atom. The Balaban J connectivity index is 1.68. The van der Waals surface area contributed by atoms with E-state index in [2.05, 4.69) is 6.07 Å². The fraction of sp³-hybridized carbons (Fsp3) is 0.280. The molecular formula is C25H26NO4. The van der Waals surface area contributed by atoms with E-state index >= 15 is 0 Å². The van der Waals surface area contributed by atoms with E-state index in [0.717, 1.165) is 27.9 Å². The first-order chi connectivity index (χ1) is 14.6. The highest BCUT2D eigenvalue weighted by atomic mass is 16.5. The van der Waals surface area contributed by atoms with Gasteiger partial charge in [0.25, 0.3) is 0 Å². The summed E-state index contributed by atoms with van der Waals surface area (Å²) < 4.78 is 19.1. The van der Waals surface area contributed by atoms with Crippen molar-refractivity contribution in [3.8, 4) is 11.5 Å². The number of aromatic nitrogens is 1. The number of ether oxygens (including phenoxy) is 2. The van der Waals surface area contributed by atoms with E-state index < -0.39 is 6.10 Å². The molecule has 30 heavy (non-hydrogen) atoms. The molecular weight excluding hydrogens is 378 g/mol. The number of benzene rings is 2. The predicted molar refractivity (Wildman–Crippen MR) is 116 cm³/mol. The summed E-state index contributed by atoms with van der Waals surface area (Å²) >= 11 is 0. The Morgan fingerprint density at radius 3 is 2.47 bits per heavy atom. The predicted octanol–water partition coefficient (Wildman–Crippen LogP) is 4.95. The van der Waals surface area contributed by atoms with Gasteiger partial charge in [0.2, 0.25) is 0 Å². The Labute approximate surface area is 176 Å². The average Bonchev–Trinajstić information content (AvgIpc) is 3.42. The molecule has 0 saturated heterocycles. The van der Waals surface area contributed by atoms with E-state index in [-0.39, 0.29) is 5.92 Å². The highest BCUT2D eigenvalue weighted by molar-refractivity contribution is 5.77. The van der Waals surface area contributed by atoms with Crippen LogP contribution in [-0.4, -0.2) is 23.9 Å². The quantitative estimate of drug-likeness (QED) is 0.451. The molecule has 5 nitrogen and oxygen atoms in total. The first-order valence-corrected chi connectivity index (χ1v) is 9.99. The minimum atomic E-state index is -0.732. The molecule has 2 aromatic carbocycles. The van der Waals surface area contributed by atoms with Gasteiger partial charge in [-0.1, -0.05) is 18.2 Å². The zero-order chi connectivity index (χ0) is 21.1. The third-order valence-electron chi connectivity index (χ3n) is 5.55. The first-order valence-electron chi connectivity index (χ1n) is 9.99. The number of furan rings is 1. The van der Waals surface area contributed by atoms with Crippen LogP contribution in [0.2, 0.25) is 0 Å². The van der Waals surface area contributed by atoms with Crippen LogP contribution in [0.5, 0.6) is 11.5 Å². The van der Waals surface area contributed by atoms with Crippen molar-refractivity contribution in [2.45, 2.75) is 26.0 Å². The van der Waals surface area contributed by atoms with Gasteiger partial charge in [-0.25, -0.2) is 0 Å². The lowest BCUT2D eigenvalue weighted by atomic mass is 9.90. The topological polar surface area (TPSA) is 56.8 Å². The van der Waals surface area contributed by atoms with Crippen molar-refractivity contribution in [3.05, 3.63) is 83.9 Å². The lowest BCUT2D eigenvalue weighted by Crippen LogP contribution is -2.21. The molecule has 2 heterocycles. The molecule has 2 atom stereocenters.